The van der Waals surface area contributed by atoms with Gasteiger partial charge >= 0.3 is 0 Å². The fourth-order valence-corrected chi connectivity index (χ4v) is 4.45. The van der Waals surface area contributed by atoms with Crippen LogP contribution in [0.4, 0.5) is 5.69 Å². The van der Waals surface area contributed by atoms with E-state index in [1.165, 1.54) is 42.6 Å². The predicted molar refractivity (Wildman–Crippen MR) is 114 cm³/mol. The molecule has 2 aromatic rings. The first-order valence-corrected chi connectivity index (χ1v) is 10.3. The largest absolute Gasteiger partial charge is 0.351 e. The minimum Gasteiger partial charge on any atom is -0.351 e. The average Bonchev–Trinajstić information content (AvgIpc) is 2.68. The zero-order valence-corrected chi connectivity index (χ0v) is 16.9. The minimum absolute atomic E-state index is 0.638. The van der Waals surface area contributed by atoms with Crippen LogP contribution >= 0.6 is 0 Å². The van der Waals surface area contributed by atoms with Crippen LogP contribution in [0.25, 0.3) is 0 Å². The number of aliphatic imine (C=N–C) groups is 1. The Morgan fingerprint density at radius 2 is 1.85 bits per heavy atom. The molecular formula is C24H31N3. The van der Waals surface area contributed by atoms with Gasteiger partial charge in [-0.1, -0.05) is 42.5 Å². The van der Waals surface area contributed by atoms with E-state index in [9.17, 15) is 0 Å². The van der Waals surface area contributed by atoms with Crippen LogP contribution in [0.2, 0.25) is 0 Å². The van der Waals surface area contributed by atoms with Gasteiger partial charge in [-0.15, -0.1) is 0 Å². The van der Waals surface area contributed by atoms with Gasteiger partial charge in [0.05, 0.1) is 5.69 Å². The molecule has 0 spiro atoms. The third kappa shape index (κ3) is 3.93. The molecule has 1 saturated heterocycles. The monoisotopic (exact) mass is 361 g/mol. The van der Waals surface area contributed by atoms with Gasteiger partial charge in [-0.25, -0.2) is 4.99 Å². The van der Waals surface area contributed by atoms with Crippen molar-refractivity contribution in [2.24, 2.45) is 10.9 Å². The van der Waals surface area contributed by atoms with Crippen LogP contribution in [0.15, 0.2) is 53.5 Å². The van der Waals surface area contributed by atoms with Crippen LogP contribution in [0.1, 0.15) is 43.4 Å². The molecule has 1 fully saturated rings. The summed E-state index contributed by atoms with van der Waals surface area (Å²) in [5, 5.41) is 0. The Balaban J connectivity index is 1.63. The second-order valence-corrected chi connectivity index (χ2v) is 8.36. The average molecular weight is 362 g/mol. The Kier molecular flexibility index (Phi) is 5.31. The number of fused-ring (bicyclic) bond motifs is 1. The molecule has 0 N–H and O–H groups in total. The molecule has 0 bridgehead atoms. The van der Waals surface area contributed by atoms with Crippen molar-refractivity contribution in [1.29, 1.82) is 0 Å². The lowest BCUT2D eigenvalue weighted by molar-refractivity contribution is 0.124. The molecule has 0 radical (unpaired) electrons. The Bertz CT molecular complexity index is 824. The van der Waals surface area contributed by atoms with E-state index < -0.39 is 0 Å². The molecule has 3 nitrogen and oxygen atoms in total. The normalized spacial score (nSPS) is 20.5. The second-order valence-electron chi connectivity index (χ2n) is 8.36. The highest BCUT2D eigenvalue weighted by atomic mass is 15.2. The first-order valence-electron chi connectivity index (χ1n) is 10.3. The number of likely N-dealkylation sites (tertiary alicyclic amines) is 1. The van der Waals surface area contributed by atoms with Gasteiger partial charge < -0.3 is 9.80 Å². The fraction of sp³-hybridized carbons (Fsp3) is 0.458. The lowest BCUT2D eigenvalue weighted by Crippen LogP contribution is -2.45. The number of nitrogens with zero attached hydrogens (tertiary/aromatic N) is 3. The summed E-state index contributed by atoms with van der Waals surface area (Å²) in [4.78, 5) is 10.3. The number of aryl methyl sites for hydroxylation is 1. The molecule has 2 aromatic carbocycles. The van der Waals surface area contributed by atoms with E-state index in [0.717, 1.165) is 24.6 Å². The molecule has 0 saturated carbocycles. The Hall–Kier alpha value is -2.13. The van der Waals surface area contributed by atoms with Crippen LogP contribution in [-0.4, -0.2) is 41.3 Å². The molecule has 2 aliphatic heterocycles. The summed E-state index contributed by atoms with van der Waals surface area (Å²) >= 11 is 0. The van der Waals surface area contributed by atoms with Crippen molar-refractivity contribution in [3.8, 4) is 0 Å². The molecular weight excluding hydrogens is 330 g/mol. The van der Waals surface area contributed by atoms with E-state index in [2.05, 4.69) is 79.1 Å². The van der Waals surface area contributed by atoms with E-state index >= 15 is 0 Å². The third-order valence-corrected chi connectivity index (χ3v) is 6.02. The van der Waals surface area contributed by atoms with Gasteiger partial charge in [0.2, 0.25) is 0 Å². The summed E-state index contributed by atoms with van der Waals surface area (Å²) in [5.41, 5.74) is 5.03. The summed E-state index contributed by atoms with van der Waals surface area (Å²) in [6.45, 7) is 11.3. The second kappa shape index (κ2) is 7.85. The quantitative estimate of drug-likeness (QED) is 0.762. The maximum Gasteiger partial charge on any atom is 0.137 e. The molecule has 142 valence electrons. The van der Waals surface area contributed by atoms with Crippen molar-refractivity contribution in [3.05, 3.63) is 65.2 Å². The number of hydrogen-bond acceptors (Lipinski definition) is 3. The minimum atomic E-state index is 0.638. The Labute approximate surface area is 163 Å². The van der Waals surface area contributed by atoms with Gasteiger partial charge in [0, 0.05) is 31.2 Å². The number of rotatable bonds is 4. The molecule has 1 unspecified atom stereocenters. The summed E-state index contributed by atoms with van der Waals surface area (Å²) in [5.74, 6) is 1.86. The SMILES string of the molecule is Cc1ccccc1C1=Nc2ccccc2CN1CC1CCCN(C(C)C)C1. The first kappa shape index (κ1) is 18.2. The van der Waals surface area contributed by atoms with Crippen LogP contribution in [-0.2, 0) is 6.54 Å². The van der Waals surface area contributed by atoms with Crippen molar-refractivity contribution in [2.45, 2.75) is 46.2 Å². The molecule has 3 heteroatoms. The van der Waals surface area contributed by atoms with Crippen molar-refractivity contribution < 1.29 is 0 Å². The number of piperidine rings is 1. The highest BCUT2D eigenvalue weighted by molar-refractivity contribution is 6.02. The molecule has 27 heavy (non-hydrogen) atoms. The van der Waals surface area contributed by atoms with Crippen molar-refractivity contribution in [1.82, 2.24) is 9.80 Å². The van der Waals surface area contributed by atoms with Crippen molar-refractivity contribution in [2.75, 3.05) is 19.6 Å². The fourth-order valence-electron chi connectivity index (χ4n) is 4.45. The van der Waals surface area contributed by atoms with Gasteiger partial charge in [-0.3, -0.25) is 0 Å². The highest BCUT2D eigenvalue weighted by Gasteiger charge is 2.28. The van der Waals surface area contributed by atoms with E-state index in [4.69, 9.17) is 4.99 Å². The third-order valence-electron chi connectivity index (χ3n) is 6.02. The lowest BCUT2D eigenvalue weighted by Gasteiger charge is -2.39. The summed E-state index contributed by atoms with van der Waals surface area (Å²) in [7, 11) is 0. The molecule has 0 aliphatic carbocycles. The predicted octanol–water partition coefficient (Wildman–Crippen LogP) is 5.01. The van der Waals surface area contributed by atoms with E-state index in [-0.39, 0.29) is 0 Å². The Morgan fingerprint density at radius 1 is 1.07 bits per heavy atom. The van der Waals surface area contributed by atoms with Crippen LogP contribution < -0.4 is 0 Å². The van der Waals surface area contributed by atoms with Crippen LogP contribution in [0, 0.1) is 12.8 Å². The van der Waals surface area contributed by atoms with Gasteiger partial charge in [-0.05, 0) is 63.3 Å². The maximum absolute atomic E-state index is 5.11. The number of benzene rings is 2. The van der Waals surface area contributed by atoms with E-state index in [0.29, 0.717) is 12.0 Å². The summed E-state index contributed by atoms with van der Waals surface area (Å²) in [6.07, 6.45) is 2.63. The van der Waals surface area contributed by atoms with E-state index in [1.54, 1.807) is 0 Å². The first-order chi connectivity index (χ1) is 13.1. The molecule has 4 rings (SSSR count). The molecule has 0 amide bonds. The topological polar surface area (TPSA) is 18.8 Å². The summed E-state index contributed by atoms with van der Waals surface area (Å²) < 4.78 is 0. The zero-order chi connectivity index (χ0) is 18.8. The van der Waals surface area contributed by atoms with Crippen molar-refractivity contribution in [3.63, 3.8) is 0 Å². The number of para-hydroxylation sites is 1. The van der Waals surface area contributed by atoms with Crippen LogP contribution in [0.5, 0.6) is 0 Å². The lowest BCUT2D eigenvalue weighted by atomic mass is 9.95. The van der Waals surface area contributed by atoms with Gasteiger partial charge in [0.1, 0.15) is 5.84 Å². The summed E-state index contributed by atoms with van der Waals surface area (Å²) in [6, 6.07) is 17.9. The molecule has 2 heterocycles. The van der Waals surface area contributed by atoms with Crippen molar-refractivity contribution >= 4 is 11.5 Å². The molecule has 0 aromatic heterocycles. The standard InChI is InChI=1S/C24H31N3/c1-18(2)26-14-8-10-20(15-26)16-27-17-21-11-5-7-13-23(21)25-24(27)22-12-6-4-9-19(22)3/h4-7,9,11-13,18,20H,8,10,14-17H2,1-3H3. The van der Waals surface area contributed by atoms with Crippen LogP contribution in [0.3, 0.4) is 0 Å². The Morgan fingerprint density at radius 3 is 2.67 bits per heavy atom. The zero-order valence-electron chi connectivity index (χ0n) is 16.9. The number of hydrogen-bond donors (Lipinski definition) is 0. The molecule has 1 atom stereocenters. The molecule has 2 aliphatic rings. The van der Waals surface area contributed by atoms with Gasteiger partial charge in [-0.2, -0.15) is 0 Å². The van der Waals surface area contributed by atoms with Gasteiger partial charge in [0.15, 0.2) is 0 Å². The maximum atomic E-state index is 5.11. The van der Waals surface area contributed by atoms with E-state index in [1.807, 2.05) is 0 Å². The number of amidine groups is 1. The van der Waals surface area contributed by atoms with Gasteiger partial charge in [0.25, 0.3) is 0 Å². The highest BCUT2D eigenvalue weighted by Crippen LogP contribution is 2.30. The smallest absolute Gasteiger partial charge is 0.137 e.